The molecule has 0 bridgehead atoms. The number of aromatic nitrogens is 1. The number of hydrogen-bond donors (Lipinski definition) is 0. The first kappa shape index (κ1) is 16.2. The summed E-state index contributed by atoms with van der Waals surface area (Å²) in [4.78, 5) is 5.63. The fraction of sp³-hybridized carbons (Fsp3) is 0.250. The van der Waals surface area contributed by atoms with Crippen molar-refractivity contribution in [3.63, 3.8) is 0 Å². The molecule has 1 saturated carbocycles. The number of nitrogens with zero attached hydrogens (tertiary/aromatic N) is 2. The molecule has 0 atom stereocenters. The van der Waals surface area contributed by atoms with Crippen molar-refractivity contribution < 1.29 is 8.78 Å². The molecule has 3 aromatic rings. The summed E-state index contributed by atoms with van der Waals surface area (Å²) in [6, 6.07) is 13.2. The first-order valence-electron chi connectivity index (χ1n) is 8.47. The Morgan fingerprint density at radius 1 is 0.880 bits per heavy atom. The lowest BCUT2D eigenvalue weighted by molar-refractivity contribution is 0.512. The summed E-state index contributed by atoms with van der Waals surface area (Å²) in [5.74, 6) is -0.497. The molecule has 5 heteroatoms. The topological polar surface area (TPSA) is 17.3 Å². The lowest BCUT2D eigenvalue weighted by Gasteiger charge is -2.16. The Labute approximate surface area is 149 Å². The van der Waals surface area contributed by atoms with Gasteiger partial charge in [0.15, 0.2) is 4.80 Å². The number of hydrogen-bond acceptors (Lipinski definition) is 2. The van der Waals surface area contributed by atoms with E-state index < -0.39 is 0 Å². The highest BCUT2D eigenvalue weighted by Gasteiger charge is 2.21. The van der Waals surface area contributed by atoms with Gasteiger partial charge in [0.2, 0.25) is 0 Å². The van der Waals surface area contributed by atoms with Crippen LogP contribution in [-0.2, 0) is 0 Å². The van der Waals surface area contributed by atoms with Crippen LogP contribution in [0, 0.1) is 11.6 Å². The molecule has 1 heterocycles. The van der Waals surface area contributed by atoms with Gasteiger partial charge in [0.25, 0.3) is 0 Å². The number of rotatable bonds is 3. The Balaban J connectivity index is 1.84. The van der Waals surface area contributed by atoms with Gasteiger partial charge in [0, 0.05) is 11.4 Å². The zero-order chi connectivity index (χ0) is 17.2. The van der Waals surface area contributed by atoms with Crippen LogP contribution in [0.4, 0.5) is 14.5 Å². The number of benzene rings is 2. The molecule has 1 aliphatic carbocycles. The van der Waals surface area contributed by atoms with Crippen LogP contribution < -0.4 is 4.80 Å². The third kappa shape index (κ3) is 3.42. The first-order valence-corrected chi connectivity index (χ1v) is 9.35. The van der Waals surface area contributed by atoms with E-state index in [-0.39, 0.29) is 11.6 Å². The van der Waals surface area contributed by atoms with E-state index >= 15 is 0 Å². The number of thiazole rings is 1. The van der Waals surface area contributed by atoms with E-state index in [2.05, 4.69) is 9.95 Å². The highest BCUT2D eigenvalue weighted by atomic mass is 32.1. The van der Waals surface area contributed by atoms with E-state index in [1.165, 1.54) is 37.1 Å². The van der Waals surface area contributed by atoms with E-state index in [9.17, 15) is 8.78 Å². The zero-order valence-corrected chi connectivity index (χ0v) is 14.5. The van der Waals surface area contributed by atoms with Crippen LogP contribution in [0.1, 0.15) is 31.7 Å². The molecule has 1 aromatic heterocycles. The molecule has 4 rings (SSSR count). The highest BCUT2D eigenvalue weighted by molar-refractivity contribution is 7.07. The SMILES string of the molecule is Fc1ccc(N=c2scc(-c3ccc(F)cc3)n2C2CCCC2)cc1. The van der Waals surface area contributed by atoms with Gasteiger partial charge in [0.05, 0.1) is 11.4 Å². The van der Waals surface area contributed by atoms with Gasteiger partial charge >= 0.3 is 0 Å². The predicted molar refractivity (Wildman–Crippen MR) is 96.8 cm³/mol. The Hall–Kier alpha value is -2.27. The third-order valence-corrected chi connectivity index (χ3v) is 5.46. The summed E-state index contributed by atoms with van der Waals surface area (Å²) in [7, 11) is 0. The van der Waals surface area contributed by atoms with Crippen LogP contribution in [0.25, 0.3) is 11.3 Å². The van der Waals surface area contributed by atoms with Crippen molar-refractivity contribution in [2.24, 2.45) is 4.99 Å². The maximum atomic E-state index is 13.3. The molecule has 128 valence electrons. The van der Waals surface area contributed by atoms with Gasteiger partial charge in [-0.25, -0.2) is 13.8 Å². The summed E-state index contributed by atoms with van der Waals surface area (Å²) in [6.45, 7) is 0. The van der Waals surface area contributed by atoms with Crippen molar-refractivity contribution in [2.45, 2.75) is 31.7 Å². The predicted octanol–water partition coefficient (Wildman–Crippen LogP) is 5.84. The molecular weight excluding hydrogens is 338 g/mol. The van der Waals surface area contributed by atoms with Gasteiger partial charge in [-0.1, -0.05) is 12.8 Å². The van der Waals surface area contributed by atoms with Crippen molar-refractivity contribution in [1.29, 1.82) is 0 Å². The van der Waals surface area contributed by atoms with Gasteiger partial charge in [0.1, 0.15) is 11.6 Å². The molecule has 25 heavy (non-hydrogen) atoms. The first-order chi connectivity index (χ1) is 12.2. The van der Waals surface area contributed by atoms with E-state index in [0.717, 1.165) is 34.6 Å². The molecule has 2 nitrogen and oxygen atoms in total. The Kier molecular flexibility index (Phi) is 4.49. The van der Waals surface area contributed by atoms with E-state index in [1.807, 2.05) is 12.1 Å². The van der Waals surface area contributed by atoms with Crippen LogP contribution in [0.15, 0.2) is 58.9 Å². The molecule has 0 aliphatic heterocycles. The van der Waals surface area contributed by atoms with Gasteiger partial charge in [-0.05, 0) is 66.9 Å². The molecule has 2 aromatic carbocycles. The molecule has 0 radical (unpaired) electrons. The minimum absolute atomic E-state index is 0.234. The second-order valence-electron chi connectivity index (χ2n) is 6.31. The van der Waals surface area contributed by atoms with Crippen molar-refractivity contribution in [3.05, 3.63) is 70.3 Å². The molecule has 0 amide bonds. The van der Waals surface area contributed by atoms with Crippen molar-refractivity contribution in [1.82, 2.24) is 4.57 Å². The van der Waals surface area contributed by atoms with Crippen molar-refractivity contribution in [2.75, 3.05) is 0 Å². The third-order valence-electron chi connectivity index (χ3n) is 4.62. The van der Waals surface area contributed by atoms with Crippen molar-refractivity contribution in [3.8, 4) is 11.3 Å². The maximum Gasteiger partial charge on any atom is 0.190 e. The molecule has 1 aliphatic rings. The highest BCUT2D eigenvalue weighted by Crippen LogP contribution is 2.33. The zero-order valence-electron chi connectivity index (χ0n) is 13.7. The molecular formula is C20H18F2N2S. The summed E-state index contributed by atoms with van der Waals surface area (Å²) in [6.07, 6.45) is 4.68. The average Bonchev–Trinajstić information content (AvgIpc) is 3.27. The van der Waals surface area contributed by atoms with Gasteiger partial charge in [-0.3, -0.25) is 0 Å². The quantitative estimate of drug-likeness (QED) is 0.561. The van der Waals surface area contributed by atoms with E-state index in [4.69, 9.17) is 4.99 Å². The smallest absolute Gasteiger partial charge is 0.190 e. The minimum atomic E-state index is -0.263. The van der Waals surface area contributed by atoms with E-state index in [0.29, 0.717) is 6.04 Å². The van der Waals surface area contributed by atoms with Crippen LogP contribution in [-0.4, -0.2) is 4.57 Å². The lowest BCUT2D eigenvalue weighted by Crippen LogP contribution is -2.19. The molecule has 0 spiro atoms. The molecule has 0 saturated heterocycles. The minimum Gasteiger partial charge on any atom is -0.313 e. The summed E-state index contributed by atoms with van der Waals surface area (Å²) < 4.78 is 28.7. The Morgan fingerprint density at radius 2 is 1.48 bits per heavy atom. The lowest BCUT2D eigenvalue weighted by atomic mass is 10.1. The second-order valence-corrected chi connectivity index (χ2v) is 7.14. The summed E-state index contributed by atoms with van der Waals surface area (Å²) in [5, 5.41) is 2.08. The Morgan fingerprint density at radius 3 is 2.12 bits per heavy atom. The summed E-state index contributed by atoms with van der Waals surface area (Å²) >= 11 is 1.57. The van der Waals surface area contributed by atoms with Crippen LogP contribution in [0.5, 0.6) is 0 Å². The van der Waals surface area contributed by atoms with Crippen LogP contribution >= 0.6 is 11.3 Å². The fourth-order valence-corrected chi connectivity index (χ4v) is 4.36. The largest absolute Gasteiger partial charge is 0.313 e. The normalized spacial score (nSPS) is 15.8. The van der Waals surface area contributed by atoms with E-state index in [1.54, 1.807) is 23.5 Å². The van der Waals surface area contributed by atoms with Gasteiger partial charge in [-0.2, -0.15) is 0 Å². The van der Waals surface area contributed by atoms with Crippen LogP contribution in [0.3, 0.4) is 0 Å². The monoisotopic (exact) mass is 356 g/mol. The molecule has 1 fully saturated rings. The van der Waals surface area contributed by atoms with Gasteiger partial charge < -0.3 is 4.57 Å². The average molecular weight is 356 g/mol. The number of halogens is 2. The van der Waals surface area contributed by atoms with Crippen LogP contribution in [0.2, 0.25) is 0 Å². The standard InChI is InChI=1S/C20H18F2N2S/c21-15-7-5-14(6-8-15)19-13-25-20(24(19)18-3-1-2-4-18)23-17-11-9-16(22)10-12-17/h5-13,18H,1-4H2. The summed E-state index contributed by atoms with van der Waals surface area (Å²) in [5.41, 5.74) is 2.79. The fourth-order valence-electron chi connectivity index (χ4n) is 3.37. The maximum absolute atomic E-state index is 13.3. The van der Waals surface area contributed by atoms with Crippen molar-refractivity contribution >= 4 is 17.0 Å². The second kappa shape index (κ2) is 6.92. The van der Waals surface area contributed by atoms with Gasteiger partial charge in [-0.15, -0.1) is 11.3 Å². The molecule has 0 N–H and O–H groups in total. The molecule has 0 unspecified atom stereocenters. The Bertz CT molecular complexity index is 918.